The first-order valence-corrected chi connectivity index (χ1v) is 9.89. The van der Waals surface area contributed by atoms with Gasteiger partial charge in [-0.15, -0.1) is 0 Å². The molecule has 4 nitrogen and oxygen atoms in total. The third kappa shape index (κ3) is 8.75. The van der Waals surface area contributed by atoms with E-state index in [9.17, 15) is 26.9 Å². The van der Waals surface area contributed by atoms with Crippen LogP contribution in [0.15, 0.2) is 28.7 Å². The summed E-state index contributed by atoms with van der Waals surface area (Å²) in [6, 6.07) is 4.74. The molecule has 1 aromatic rings. The largest absolute Gasteiger partial charge is 0.591 e. The molecule has 2 atom stereocenters. The number of halogens is 4. The Hall–Kier alpha value is -1.61. The topological polar surface area (TPSA) is 61.7 Å². The average Bonchev–Trinajstić information content (AvgIpc) is 2.58. The van der Waals surface area contributed by atoms with Crippen LogP contribution < -0.4 is 0 Å². The van der Waals surface area contributed by atoms with Gasteiger partial charge in [-0.05, 0) is 25.5 Å². The summed E-state index contributed by atoms with van der Waals surface area (Å²) >= 11 is -1.70. The highest BCUT2D eigenvalue weighted by molar-refractivity contribution is 7.90. The van der Waals surface area contributed by atoms with E-state index in [2.05, 4.69) is 9.13 Å². The van der Waals surface area contributed by atoms with Gasteiger partial charge in [-0.3, -0.25) is 4.79 Å². The molecular weight excluding hydrogens is 386 g/mol. The molecule has 0 radical (unpaired) electrons. The summed E-state index contributed by atoms with van der Waals surface area (Å²) in [6.07, 6.45) is -4.80. The van der Waals surface area contributed by atoms with Crippen LogP contribution in [0.3, 0.4) is 0 Å². The first-order valence-electron chi connectivity index (χ1n) is 8.61. The predicted molar refractivity (Wildman–Crippen MR) is 96.3 cm³/mol. The van der Waals surface area contributed by atoms with E-state index in [1.165, 1.54) is 19.1 Å². The quantitative estimate of drug-likeness (QED) is 0.246. The van der Waals surface area contributed by atoms with Gasteiger partial charge in [0.1, 0.15) is 11.6 Å². The van der Waals surface area contributed by atoms with Gasteiger partial charge in [-0.2, -0.15) is 13.2 Å². The molecule has 0 amide bonds. The molecule has 9 heteroatoms. The van der Waals surface area contributed by atoms with Crippen molar-refractivity contribution in [1.29, 1.82) is 0 Å². The summed E-state index contributed by atoms with van der Waals surface area (Å²) in [5, 5.41) is 0. The van der Waals surface area contributed by atoms with Crippen molar-refractivity contribution in [1.82, 2.24) is 0 Å². The molecule has 152 valence electrons. The van der Waals surface area contributed by atoms with Gasteiger partial charge in [0, 0.05) is 12.0 Å². The summed E-state index contributed by atoms with van der Waals surface area (Å²) in [7, 11) is 0. The van der Waals surface area contributed by atoms with Gasteiger partial charge in [-0.25, -0.2) is 4.39 Å². The van der Waals surface area contributed by atoms with Crippen molar-refractivity contribution >= 4 is 23.0 Å². The smallest absolute Gasteiger partial charge is 0.392 e. The van der Waals surface area contributed by atoms with Crippen molar-refractivity contribution in [3.8, 4) is 0 Å². The first-order chi connectivity index (χ1) is 12.7. The second-order valence-corrected chi connectivity index (χ2v) is 7.11. The normalized spacial score (nSPS) is 14.7. The highest BCUT2D eigenvalue weighted by Gasteiger charge is 2.42. The molecule has 0 aromatic heterocycles. The lowest BCUT2D eigenvalue weighted by atomic mass is 9.94. The SMILES string of the molecule is CCCC[S+]([O-])/N=C(/C[C@@H](CC(=O)OCC)C(F)(F)F)c1ccc(F)cc1. The molecular formula is C18H23F4NO3S. The number of rotatable bonds is 10. The molecule has 0 fully saturated rings. The Morgan fingerprint density at radius 3 is 2.37 bits per heavy atom. The Morgan fingerprint density at radius 1 is 1.22 bits per heavy atom. The minimum absolute atomic E-state index is 0.0245. The molecule has 0 saturated heterocycles. The minimum atomic E-state index is -4.67. The molecule has 0 aliphatic carbocycles. The summed E-state index contributed by atoms with van der Waals surface area (Å²) in [5.41, 5.74) is 0.162. The Kier molecular flexibility index (Phi) is 9.79. The van der Waals surface area contributed by atoms with Gasteiger partial charge in [0.05, 0.1) is 36.0 Å². The lowest BCUT2D eigenvalue weighted by Gasteiger charge is -2.20. The number of alkyl halides is 3. The second kappa shape index (κ2) is 11.3. The number of benzene rings is 1. The van der Waals surface area contributed by atoms with Crippen molar-refractivity contribution in [3.63, 3.8) is 0 Å². The van der Waals surface area contributed by atoms with E-state index in [1.807, 2.05) is 6.92 Å². The van der Waals surface area contributed by atoms with Crippen molar-refractivity contribution in [2.75, 3.05) is 12.4 Å². The summed E-state index contributed by atoms with van der Waals surface area (Å²) in [6.45, 7) is 3.37. The Morgan fingerprint density at radius 2 is 1.85 bits per heavy atom. The number of esters is 1. The number of hydrogen-bond donors (Lipinski definition) is 0. The van der Waals surface area contributed by atoms with Crippen LogP contribution in [0.25, 0.3) is 0 Å². The number of nitrogens with zero attached hydrogens (tertiary/aromatic N) is 1. The third-order valence-electron chi connectivity index (χ3n) is 3.68. The van der Waals surface area contributed by atoms with E-state index in [0.717, 1.165) is 18.6 Å². The van der Waals surface area contributed by atoms with Crippen molar-refractivity contribution in [2.45, 2.75) is 45.7 Å². The summed E-state index contributed by atoms with van der Waals surface area (Å²) in [4.78, 5) is 11.6. The van der Waals surface area contributed by atoms with Crippen molar-refractivity contribution in [2.24, 2.45) is 10.3 Å². The number of carbonyl (C=O) groups excluding carboxylic acids is 1. The second-order valence-electron chi connectivity index (χ2n) is 5.88. The van der Waals surface area contributed by atoms with Crippen LogP contribution >= 0.6 is 0 Å². The van der Waals surface area contributed by atoms with Gasteiger partial charge >= 0.3 is 12.1 Å². The predicted octanol–water partition coefficient (Wildman–Crippen LogP) is 4.60. The van der Waals surface area contributed by atoms with E-state index in [1.54, 1.807) is 0 Å². The highest BCUT2D eigenvalue weighted by atomic mass is 32.2. The maximum atomic E-state index is 13.4. The van der Waals surface area contributed by atoms with Crippen LogP contribution in [0.1, 0.15) is 45.1 Å². The molecule has 0 N–H and O–H groups in total. The van der Waals surface area contributed by atoms with E-state index in [0.29, 0.717) is 6.42 Å². The van der Waals surface area contributed by atoms with Crippen LogP contribution in [0, 0.1) is 11.7 Å². The average molecular weight is 409 g/mol. The zero-order valence-electron chi connectivity index (χ0n) is 15.2. The van der Waals surface area contributed by atoms with Gasteiger partial charge in [-0.1, -0.05) is 29.9 Å². The number of carbonyl (C=O) groups is 1. The Bertz CT molecular complexity index is 620. The van der Waals surface area contributed by atoms with Crippen LogP contribution in [0.4, 0.5) is 17.6 Å². The van der Waals surface area contributed by atoms with Crippen LogP contribution in [-0.4, -0.2) is 34.8 Å². The fourth-order valence-corrected chi connectivity index (χ4v) is 3.30. The monoisotopic (exact) mass is 409 g/mol. The van der Waals surface area contributed by atoms with Crippen LogP contribution in [0.5, 0.6) is 0 Å². The third-order valence-corrected chi connectivity index (χ3v) is 4.74. The molecule has 0 aliphatic rings. The number of ether oxygens (including phenoxy) is 1. The maximum Gasteiger partial charge on any atom is 0.392 e. The van der Waals surface area contributed by atoms with Gasteiger partial charge in [0.25, 0.3) is 0 Å². The van der Waals surface area contributed by atoms with E-state index < -0.39 is 48.1 Å². The molecule has 1 unspecified atom stereocenters. The van der Waals surface area contributed by atoms with Crippen LogP contribution in [-0.2, 0) is 20.9 Å². The zero-order chi connectivity index (χ0) is 20.4. The van der Waals surface area contributed by atoms with Gasteiger partial charge in [0.15, 0.2) is 0 Å². The lowest BCUT2D eigenvalue weighted by molar-refractivity contribution is -0.182. The minimum Gasteiger partial charge on any atom is -0.591 e. The van der Waals surface area contributed by atoms with E-state index >= 15 is 0 Å². The molecule has 0 spiro atoms. The standard InChI is InChI=1S/C18H23F4NO3S/c1-3-5-10-27(25)23-16(13-6-8-15(19)9-7-13)11-14(18(20,21)22)12-17(24)26-4-2/h6-9,14H,3-5,10-12H2,1-2H3/b23-16-/t14-,27?/m0/s1. The Balaban J connectivity index is 3.12. The molecule has 1 rings (SSSR count). The van der Waals surface area contributed by atoms with Crippen LogP contribution in [0.2, 0.25) is 0 Å². The molecule has 27 heavy (non-hydrogen) atoms. The maximum absolute atomic E-state index is 13.4. The molecule has 0 bridgehead atoms. The molecule has 0 saturated carbocycles. The van der Waals surface area contributed by atoms with E-state index in [4.69, 9.17) is 0 Å². The highest BCUT2D eigenvalue weighted by Crippen LogP contribution is 2.33. The fourth-order valence-electron chi connectivity index (χ4n) is 2.24. The Labute approximate surface area is 159 Å². The zero-order valence-corrected chi connectivity index (χ0v) is 16.0. The van der Waals surface area contributed by atoms with Gasteiger partial charge < -0.3 is 9.29 Å². The first kappa shape index (κ1) is 23.4. The van der Waals surface area contributed by atoms with Crippen molar-refractivity contribution < 1.29 is 31.6 Å². The fraction of sp³-hybridized carbons (Fsp3) is 0.556. The lowest BCUT2D eigenvalue weighted by Crippen LogP contribution is -2.29. The molecule has 0 heterocycles. The van der Waals surface area contributed by atoms with E-state index in [-0.39, 0.29) is 23.6 Å². The molecule has 1 aromatic carbocycles. The van der Waals surface area contributed by atoms with Crippen molar-refractivity contribution in [3.05, 3.63) is 35.6 Å². The van der Waals surface area contributed by atoms with Gasteiger partial charge in [0.2, 0.25) is 0 Å². The number of hydrogen-bond acceptors (Lipinski definition) is 4. The number of unbranched alkanes of at least 4 members (excludes halogenated alkanes) is 1. The summed E-state index contributed by atoms with van der Waals surface area (Å²) < 4.78 is 74.0. The summed E-state index contributed by atoms with van der Waals surface area (Å²) in [5.74, 6) is -3.34. The molecule has 0 aliphatic heterocycles.